The lowest BCUT2D eigenvalue weighted by Crippen LogP contribution is -2.26. The minimum Gasteiger partial charge on any atom is -0.477 e. The Hall–Kier alpha value is -2.51. The molecule has 0 unspecified atom stereocenters. The van der Waals surface area contributed by atoms with Gasteiger partial charge in [-0.15, -0.1) is 0 Å². The van der Waals surface area contributed by atoms with Crippen molar-refractivity contribution < 1.29 is 23.8 Å². The number of anilines is 2. The number of nitrogens with zero attached hydrogens (tertiary/aromatic N) is 1. The molecule has 4 N–H and O–H groups in total. The lowest BCUT2D eigenvalue weighted by molar-refractivity contribution is 0.00716. The Morgan fingerprint density at radius 2 is 1.73 bits per heavy atom. The molecule has 0 aliphatic rings. The number of methoxy groups -OCH3 is 1. The summed E-state index contributed by atoms with van der Waals surface area (Å²) in [5.74, 6) is -1.82. The molecule has 0 saturated carbocycles. The number of rotatable bonds is 4. The quantitative estimate of drug-likeness (QED) is 0.798. The Kier molecular flexibility index (Phi) is 5.19. The molecule has 1 heterocycles. The summed E-state index contributed by atoms with van der Waals surface area (Å²) in [6, 6.07) is 0. The molecule has 8 nitrogen and oxygen atoms in total. The second-order valence-corrected chi connectivity index (χ2v) is 5.39. The standard InChI is InChI=1S/C14H21N3O5/c1-6-21-11-8(12(18)20-5)9(15)7(10(16)17-11)13(19)22-14(2,3)4/h6H2,1-5H3,(H4,15,16,17). The summed E-state index contributed by atoms with van der Waals surface area (Å²) in [6.07, 6.45) is 0. The molecule has 0 spiro atoms. The maximum atomic E-state index is 12.2. The minimum atomic E-state index is -0.779. The number of aromatic nitrogens is 1. The van der Waals surface area contributed by atoms with Crippen LogP contribution in [0.15, 0.2) is 0 Å². The van der Waals surface area contributed by atoms with Gasteiger partial charge in [-0.2, -0.15) is 4.98 Å². The fourth-order valence-corrected chi connectivity index (χ4v) is 1.68. The summed E-state index contributed by atoms with van der Waals surface area (Å²) < 4.78 is 15.1. The fourth-order valence-electron chi connectivity index (χ4n) is 1.68. The average molecular weight is 311 g/mol. The second-order valence-electron chi connectivity index (χ2n) is 5.39. The molecule has 0 bridgehead atoms. The summed E-state index contributed by atoms with van der Waals surface area (Å²) in [5, 5.41) is 0. The zero-order chi connectivity index (χ0) is 17.1. The maximum absolute atomic E-state index is 12.2. The first-order valence-corrected chi connectivity index (χ1v) is 6.65. The average Bonchev–Trinajstić information content (AvgIpc) is 2.35. The molecule has 0 saturated heterocycles. The fraction of sp³-hybridized carbons (Fsp3) is 0.500. The van der Waals surface area contributed by atoms with Crippen LogP contribution in [0.5, 0.6) is 5.88 Å². The summed E-state index contributed by atoms with van der Waals surface area (Å²) in [6.45, 7) is 7.03. The van der Waals surface area contributed by atoms with Crippen LogP contribution >= 0.6 is 0 Å². The number of hydrogen-bond acceptors (Lipinski definition) is 8. The Balaban J connectivity index is 3.47. The van der Waals surface area contributed by atoms with Crippen LogP contribution < -0.4 is 16.2 Å². The van der Waals surface area contributed by atoms with Gasteiger partial charge in [0, 0.05) is 0 Å². The van der Waals surface area contributed by atoms with Crippen molar-refractivity contribution in [1.82, 2.24) is 4.98 Å². The Bertz CT molecular complexity index is 593. The highest BCUT2D eigenvalue weighted by molar-refractivity contribution is 6.07. The van der Waals surface area contributed by atoms with Crippen molar-refractivity contribution in [3.05, 3.63) is 11.1 Å². The molecular weight excluding hydrogens is 290 g/mol. The van der Waals surface area contributed by atoms with E-state index in [0.717, 1.165) is 0 Å². The predicted octanol–water partition coefficient (Wildman–Crippen LogP) is 1.39. The third kappa shape index (κ3) is 3.78. The number of esters is 2. The van der Waals surface area contributed by atoms with E-state index < -0.39 is 17.5 Å². The zero-order valence-electron chi connectivity index (χ0n) is 13.4. The SMILES string of the molecule is CCOc1nc(N)c(C(=O)OC(C)(C)C)c(N)c1C(=O)OC. The van der Waals surface area contributed by atoms with E-state index in [9.17, 15) is 9.59 Å². The van der Waals surface area contributed by atoms with Crippen molar-refractivity contribution in [1.29, 1.82) is 0 Å². The Labute approximate surface area is 128 Å². The smallest absolute Gasteiger partial charge is 0.345 e. The Morgan fingerprint density at radius 1 is 1.14 bits per heavy atom. The van der Waals surface area contributed by atoms with Gasteiger partial charge < -0.3 is 25.7 Å². The van der Waals surface area contributed by atoms with Gasteiger partial charge in [0.2, 0.25) is 5.88 Å². The summed E-state index contributed by atoms with van der Waals surface area (Å²) in [4.78, 5) is 28.0. The predicted molar refractivity (Wildman–Crippen MR) is 80.7 cm³/mol. The van der Waals surface area contributed by atoms with Gasteiger partial charge in [-0.1, -0.05) is 0 Å². The third-order valence-corrected chi connectivity index (χ3v) is 2.50. The minimum absolute atomic E-state index is 0.0864. The Morgan fingerprint density at radius 3 is 2.18 bits per heavy atom. The first-order valence-electron chi connectivity index (χ1n) is 6.65. The monoisotopic (exact) mass is 311 g/mol. The first kappa shape index (κ1) is 17.5. The number of ether oxygens (including phenoxy) is 3. The molecule has 0 aliphatic carbocycles. The molecular formula is C14H21N3O5. The molecule has 0 atom stereocenters. The highest BCUT2D eigenvalue weighted by Crippen LogP contribution is 2.31. The molecule has 0 radical (unpaired) electrons. The van der Waals surface area contributed by atoms with Crippen molar-refractivity contribution in [2.75, 3.05) is 25.2 Å². The van der Waals surface area contributed by atoms with Crippen LogP contribution in [-0.4, -0.2) is 36.2 Å². The second kappa shape index (κ2) is 6.50. The van der Waals surface area contributed by atoms with Crippen LogP contribution in [0.2, 0.25) is 0 Å². The highest BCUT2D eigenvalue weighted by atomic mass is 16.6. The van der Waals surface area contributed by atoms with Crippen molar-refractivity contribution >= 4 is 23.4 Å². The molecule has 122 valence electrons. The van der Waals surface area contributed by atoms with E-state index in [1.165, 1.54) is 7.11 Å². The van der Waals surface area contributed by atoms with E-state index in [0.29, 0.717) is 0 Å². The lowest BCUT2D eigenvalue weighted by Gasteiger charge is -2.21. The van der Waals surface area contributed by atoms with E-state index in [1.807, 2.05) is 0 Å². The lowest BCUT2D eigenvalue weighted by atomic mass is 10.1. The van der Waals surface area contributed by atoms with Gasteiger partial charge in [0.1, 0.15) is 22.5 Å². The van der Waals surface area contributed by atoms with Crippen LogP contribution in [-0.2, 0) is 9.47 Å². The summed E-state index contributed by atoms with van der Waals surface area (Å²) in [7, 11) is 1.18. The van der Waals surface area contributed by atoms with Crippen LogP contribution in [0.3, 0.4) is 0 Å². The van der Waals surface area contributed by atoms with Crippen molar-refractivity contribution in [3.8, 4) is 5.88 Å². The van der Waals surface area contributed by atoms with Gasteiger partial charge in [-0.3, -0.25) is 0 Å². The number of nitrogens with two attached hydrogens (primary N) is 2. The summed E-state index contributed by atoms with van der Waals surface area (Å²) >= 11 is 0. The van der Waals surface area contributed by atoms with Gasteiger partial charge in [-0.05, 0) is 27.7 Å². The maximum Gasteiger partial charge on any atom is 0.345 e. The molecule has 22 heavy (non-hydrogen) atoms. The third-order valence-electron chi connectivity index (χ3n) is 2.50. The van der Waals surface area contributed by atoms with E-state index >= 15 is 0 Å². The molecule has 0 amide bonds. The van der Waals surface area contributed by atoms with E-state index in [2.05, 4.69) is 9.72 Å². The number of hydrogen-bond donors (Lipinski definition) is 2. The molecule has 0 aromatic carbocycles. The normalized spacial score (nSPS) is 11.0. The van der Waals surface area contributed by atoms with Crippen molar-refractivity contribution in [2.24, 2.45) is 0 Å². The van der Waals surface area contributed by atoms with Gasteiger partial charge in [0.15, 0.2) is 0 Å². The largest absolute Gasteiger partial charge is 0.477 e. The van der Waals surface area contributed by atoms with Crippen LogP contribution in [0.25, 0.3) is 0 Å². The molecule has 0 fully saturated rings. The zero-order valence-corrected chi connectivity index (χ0v) is 13.4. The van der Waals surface area contributed by atoms with E-state index in [4.69, 9.17) is 20.9 Å². The number of pyridine rings is 1. The number of carbonyl (C=O) groups excluding carboxylic acids is 2. The van der Waals surface area contributed by atoms with Crippen LogP contribution in [0, 0.1) is 0 Å². The summed E-state index contributed by atoms with van der Waals surface area (Å²) in [5.41, 5.74) is 10.4. The van der Waals surface area contributed by atoms with Crippen molar-refractivity contribution in [2.45, 2.75) is 33.3 Å². The van der Waals surface area contributed by atoms with Gasteiger partial charge in [0.25, 0.3) is 0 Å². The molecule has 0 aliphatic heterocycles. The van der Waals surface area contributed by atoms with Gasteiger partial charge >= 0.3 is 11.9 Å². The van der Waals surface area contributed by atoms with Crippen LogP contribution in [0.1, 0.15) is 48.4 Å². The van der Waals surface area contributed by atoms with E-state index in [-0.39, 0.29) is 35.1 Å². The van der Waals surface area contributed by atoms with Gasteiger partial charge in [0.05, 0.1) is 19.4 Å². The van der Waals surface area contributed by atoms with Crippen molar-refractivity contribution in [3.63, 3.8) is 0 Å². The van der Waals surface area contributed by atoms with E-state index in [1.54, 1.807) is 27.7 Å². The highest BCUT2D eigenvalue weighted by Gasteiger charge is 2.29. The van der Waals surface area contributed by atoms with Crippen LogP contribution in [0.4, 0.5) is 11.5 Å². The molecule has 8 heteroatoms. The number of nitrogen functional groups attached to an aromatic ring is 2. The first-order chi connectivity index (χ1) is 10.1. The molecule has 1 aromatic rings. The molecule has 1 aromatic heterocycles. The number of carbonyl (C=O) groups is 2. The van der Waals surface area contributed by atoms with Gasteiger partial charge in [-0.25, -0.2) is 9.59 Å². The molecule has 1 rings (SSSR count). The topological polar surface area (TPSA) is 127 Å².